The molecule has 4 rings (SSSR count). The third-order valence-corrected chi connectivity index (χ3v) is 5.46. The van der Waals surface area contributed by atoms with Gasteiger partial charge in [-0.15, -0.1) is 11.3 Å². The van der Waals surface area contributed by atoms with E-state index >= 15 is 0 Å². The Labute approximate surface area is 167 Å². The first-order chi connectivity index (χ1) is 13.8. The second kappa shape index (κ2) is 7.39. The van der Waals surface area contributed by atoms with E-state index in [2.05, 4.69) is 4.98 Å². The van der Waals surface area contributed by atoms with Crippen LogP contribution >= 0.6 is 11.3 Å². The van der Waals surface area contributed by atoms with Gasteiger partial charge >= 0.3 is 12.0 Å². The van der Waals surface area contributed by atoms with Gasteiger partial charge in [-0.05, 0) is 24.3 Å². The largest absolute Gasteiger partial charge is 0.437 e. The number of aromatic nitrogens is 1. The molecule has 11 heteroatoms. The lowest BCUT2D eigenvalue weighted by atomic mass is 10.00. The number of hydrogen-bond acceptors (Lipinski definition) is 6. The predicted molar refractivity (Wildman–Crippen MR) is 96.4 cm³/mol. The van der Waals surface area contributed by atoms with Crippen molar-refractivity contribution in [1.82, 2.24) is 9.88 Å². The summed E-state index contributed by atoms with van der Waals surface area (Å²) in [4.78, 5) is 31.4. The molecule has 2 aliphatic rings. The molecule has 0 N–H and O–H groups in total. The van der Waals surface area contributed by atoms with Crippen LogP contribution in [0.4, 0.5) is 18.9 Å². The summed E-state index contributed by atoms with van der Waals surface area (Å²) in [5, 5.41) is 0. The zero-order chi connectivity index (χ0) is 20.6. The minimum Gasteiger partial charge on any atom is -0.376 e. The summed E-state index contributed by atoms with van der Waals surface area (Å²) in [5.41, 5.74) is -0.0523. The van der Waals surface area contributed by atoms with Crippen LogP contribution in [0, 0.1) is 5.82 Å². The van der Waals surface area contributed by atoms with Crippen molar-refractivity contribution in [3.63, 3.8) is 0 Å². The van der Waals surface area contributed by atoms with E-state index in [0.29, 0.717) is 4.88 Å². The summed E-state index contributed by atoms with van der Waals surface area (Å²) in [6.45, 7) is -0.409. The average Bonchev–Trinajstić information content (AvgIpc) is 3.14. The van der Waals surface area contributed by atoms with Crippen molar-refractivity contribution >= 4 is 28.8 Å². The molecule has 2 saturated heterocycles. The highest BCUT2D eigenvalue weighted by molar-refractivity contribution is 7.11. The number of amides is 2. The molecule has 1 aromatic heterocycles. The lowest BCUT2D eigenvalue weighted by molar-refractivity contribution is -0.293. The smallest absolute Gasteiger partial charge is 0.376 e. The molecule has 1 atom stereocenters. The van der Waals surface area contributed by atoms with Crippen LogP contribution in [-0.2, 0) is 14.3 Å². The van der Waals surface area contributed by atoms with E-state index in [-0.39, 0.29) is 44.4 Å². The van der Waals surface area contributed by atoms with Crippen LogP contribution in [0.1, 0.15) is 9.67 Å². The first-order valence-corrected chi connectivity index (χ1v) is 9.59. The zero-order valence-electron chi connectivity index (χ0n) is 15.0. The number of morpholine rings is 1. The summed E-state index contributed by atoms with van der Waals surface area (Å²) in [5.74, 6) is -2.50. The molecule has 2 aliphatic heterocycles. The quantitative estimate of drug-likeness (QED) is 0.735. The van der Waals surface area contributed by atoms with Gasteiger partial charge in [0.1, 0.15) is 16.3 Å². The number of benzene rings is 1. The van der Waals surface area contributed by atoms with Gasteiger partial charge in [0.2, 0.25) is 0 Å². The molecule has 7 nitrogen and oxygen atoms in total. The van der Waals surface area contributed by atoms with Crippen LogP contribution in [0.5, 0.6) is 0 Å². The van der Waals surface area contributed by atoms with Crippen molar-refractivity contribution in [3.05, 3.63) is 46.7 Å². The summed E-state index contributed by atoms with van der Waals surface area (Å²) in [6.07, 6.45) is -2.73. The maximum Gasteiger partial charge on any atom is 0.437 e. The molecule has 0 saturated carbocycles. The Balaban J connectivity index is 1.66. The van der Waals surface area contributed by atoms with Gasteiger partial charge in [0.25, 0.3) is 5.91 Å². The Kier molecular flexibility index (Phi) is 5.05. The Bertz CT molecular complexity index is 910. The Morgan fingerprint density at radius 3 is 2.66 bits per heavy atom. The molecular formula is C18H16F3N3O4S. The summed E-state index contributed by atoms with van der Waals surface area (Å²) in [7, 11) is 0. The van der Waals surface area contributed by atoms with Crippen molar-refractivity contribution < 1.29 is 32.2 Å². The number of ether oxygens (including phenoxy) is 2. The monoisotopic (exact) mass is 427 g/mol. The van der Waals surface area contributed by atoms with E-state index in [1.165, 1.54) is 28.7 Å². The minimum atomic E-state index is -4.13. The zero-order valence-corrected chi connectivity index (χ0v) is 15.8. The van der Waals surface area contributed by atoms with E-state index in [9.17, 15) is 22.8 Å². The molecule has 1 unspecified atom stereocenters. The van der Waals surface area contributed by atoms with Gasteiger partial charge in [-0.25, -0.2) is 4.39 Å². The van der Waals surface area contributed by atoms with Crippen LogP contribution in [-0.4, -0.2) is 66.3 Å². The Morgan fingerprint density at radius 1 is 1.21 bits per heavy atom. The van der Waals surface area contributed by atoms with E-state index in [1.54, 1.807) is 0 Å². The lowest BCUT2D eigenvalue weighted by Gasteiger charge is -2.45. The fourth-order valence-corrected chi connectivity index (χ4v) is 3.99. The summed E-state index contributed by atoms with van der Waals surface area (Å²) >= 11 is 1.13. The highest BCUT2D eigenvalue weighted by Gasteiger charge is 2.58. The van der Waals surface area contributed by atoms with Crippen LogP contribution in [0.3, 0.4) is 0 Å². The maximum atomic E-state index is 14.5. The first-order valence-electron chi connectivity index (χ1n) is 8.71. The van der Waals surface area contributed by atoms with Crippen molar-refractivity contribution in [2.24, 2.45) is 0 Å². The highest BCUT2D eigenvalue weighted by atomic mass is 32.1. The van der Waals surface area contributed by atoms with Crippen molar-refractivity contribution in [1.29, 1.82) is 0 Å². The van der Waals surface area contributed by atoms with Crippen molar-refractivity contribution in [2.45, 2.75) is 11.7 Å². The molecular weight excluding hydrogens is 411 g/mol. The summed E-state index contributed by atoms with van der Waals surface area (Å²) < 4.78 is 52.7. The number of thiazole rings is 1. The minimum absolute atomic E-state index is 0.100. The third-order valence-electron chi connectivity index (χ3n) is 4.70. The van der Waals surface area contributed by atoms with Gasteiger partial charge < -0.3 is 14.5 Å². The number of carbonyl (C=O) groups is 2. The van der Waals surface area contributed by atoms with Crippen molar-refractivity contribution in [2.75, 3.05) is 37.7 Å². The van der Waals surface area contributed by atoms with Gasteiger partial charge in [-0.2, -0.15) is 8.78 Å². The van der Waals surface area contributed by atoms with E-state index < -0.39 is 23.4 Å². The van der Waals surface area contributed by atoms with Gasteiger partial charge in [0.15, 0.2) is 0 Å². The molecule has 2 aromatic rings. The first kappa shape index (κ1) is 19.8. The van der Waals surface area contributed by atoms with E-state index in [4.69, 9.17) is 9.47 Å². The molecule has 2 amide bonds. The van der Waals surface area contributed by atoms with Crippen LogP contribution < -0.4 is 4.90 Å². The van der Waals surface area contributed by atoms with Crippen LogP contribution in [0.25, 0.3) is 0 Å². The second-order valence-electron chi connectivity index (χ2n) is 6.81. The average molecular weight is 427 g/mol. The Morgan fingerprint density at radius 2 is 1.97 bits per heavy atom. The molecule has 1 spiro atoms. The molecule has 2 fully saturated rings. The summed E-state index contributed by atoms with van der Waals surface area (Å²) in [6, 6.07) is 4.62. The van der Waals surface area contributed by atoms with Gasteiger partial charge in [-0.3, -0.25) is 19.3 Å². The van der Waals surface area contributed by atoms with Gasteiger partial charge in [0.05, 0.1) is 38.0 Å². The number of carbonyl (C=O) groups excluding carboxylic acids is 2. The number of anilines is 1. The molecule has 0 bridgehead atoms. The second-order valence-corrected chi connectivity index (χ2v) is 7.70. The number of hydrogen-bond donors (Lipinski definition) is 0. The fraction of sp³-hybridized carbons (Fsp3) is 0.389. The van der Waals surface area contributed by atoms with Gasteiger partial charge in [-0.1, -0.05) is 0 Å². The lowest BCUT2D eigenvalue weighted by Crippen LogP contribution is -2.66. The topological polar surface area (TPSA) is 72.0 Å². The SMILES string of the molecule is O=C(c1cncs1)N1CCOCC2(C1)CN(c1ccc(F)cc1)C(=O)C(F)(F)O2. The standard InChI is InChI=1S/C18H16F3N3O4S/c19-12-1-3-13(4-2-12)24-9-17(28-18(20,21)16(24)26)8-23(5-6-27-10-17)15(25)14-7-22-11-29-14/h1-4,7,11H,5-6,8-10H2. The normalized spacial score (nSPS) is 24.6. The Hall–Kier alpha value is -2.50. The van der Waals surface area contributed by atoms with Crippen LogP contribution in [0.15, 0.2) is 36.0 Å². The number of halogens is 3. The van der Waals surface area contributed by atoms with Crippen molar-refractivity contribution in [3.8, 4) is 0 Å². The molecule has 3 heterocycles. The number of alkyl halides is 2. The van der Waals surface area contributed by atoms with Crippen LogP contribution in [0.2, 0.25) is 0 Å². The number of rotatable bonds is 2. The van der Waals surface area contributed by atoms with Gasteiger partial charge in [0, 0.05) is 12.2 Å². The third kappa shape index (κ3) is 3.85. The molecule has 154 valence electrons. The molecule has 0 radical (unpaired) electrons. The fourth-order valence-electron chi connectivity index (χ4n) is 3.41. The highest BCUT2D eigenvalue weighted by Crippen LogP contribution is 2.37. The predicted octanol–water partition coefficient (Wildman–Crippen LogP) is 2.15. The molecule has 29 heavy (non-hydrogen) atoms. The number of nitrogens with zero attached hydrogens (tertiary/aromatic N) is 3. The van der Waals surface area contributed by atoms with E-state index in [0.717, 1.165) is 28.4 Å². The molecule has 1 aromatic carbocycles. The van der Waals surface area contributed by atoms with E-state index in [1.807, 2.05) is 0 Å². The molecule has 0 aliphatic carbocycles. The maximum absolute atomic E-state index is 14.5.